The molecule has 0 saturated carbocycles. The second-order valence-electron chi connectivity index (χ2n) is 4.93. The topological polar surface area (TPSA) is 81.3 Å². The monoisotopic (exact) mass is 348 g/mol. The Hall–Kier alpha value is -2.28. The van der Waals surface area contributed by atoms with E-state index in [2.05, 4.69) is 9.97 Å². The number of carbonyl (C=O) groups excluding carboxylic acids is 2. The normalized spacial score (nSPS) is 11.8. The van der Waals surface area contributed by atoms with Gasteiger partial charge in [-0.1, -0.05) is 49.0 Å². The van der Waals surface area contributed by atoms with Gasteiger partial charge < -0.3 is 14.5 Å². The van der Waals surface area contributed by atoms with Gasteiger partial charge in [-0.15, -0.1) is 0 Å². The van der Waals surface area contributed by atoms with Crippen LogP contribution in [0.25, 0.3) is 0 Å². The van der Waals surface area contributed by atoms with Gasteiger partial charge >= 0.3 is 11.9 Å². The Kier molecular flexibility index (Phi) is 6.87. The number of hydrogen-bond acceptors (Lipinski definition) is 6. The van der Waals surface area contributed by atoms with E-state index in [0.717, 1.165) is 5.56 Å². The molecule has 0 radical (unpaired) electrons. The Balaban J connectivity index is 1.91. The summed E-state index contributed by atoms with van der Waals surface area (Å²) in [5, 5.41) is 0.0940. The predicted octanol–water partition coefficient (Wildman–Crippen LogP) is 3.20. The molecule has 7 heteroatoms. The Labute approximate surface area is 145 Å². The number of aromatic nitrogens is 2. The standard InChI is InChI=1S/C17H20N2O4S/c1-3-14(16(21)23-11-12-8-6-5-7-9-12)24-17-18-10-13(19-17)15(20)22-4-2/h5-10,14H,3-4,11H2,1-2H3,(H,18,19). The molecule has 128 valence electrons. The SMILES string of the molecule is CCOC(=O)c1cnc(SC(CC)C(=O)OCc2ccccc2)[nH]1. The van der Waals surface area contributed by atoms with Crippen LogP contribution in [-0.4, -0.2) is 33.8 Å². The van der Waals surface area contributed by atoms with Gasteiger partial charge in [0.25, 0.3) is 0 Å². The molecular formula is C17H20N2O4S. The molecule has 1 N–H and O–H groups in total. The third-order valence-electron chi connectivity index (χ3n) is 3.16. The maximum Gasteiger partial charge on any atom is 0.356 e. The number of H-pyrrole nitrogens is 1. The molecule has 6 nitrogen and oxygen atoms in total. The average Bonchev–Trinajstić information content (AvgIpc) is 3.07. The number of aromatic amines is 1. The van der Waals surface area contributed by atoms with Crippen molar-refractivity contribution in [2.45, 2.75) is 37.3 Å². The maximum absolute atomic E-state index is 12.2. The van der Waals surface area contributed by atoms with Gasteiger partial charge in [0.1, 0.15) is 17.6 Å². The van der Waals surface area contributed by atoms with Crippen molar-refractivity contribution in [2.75, 3.05) is 6.61 Å². The van der Waals surface area contributed by atoms with Crippen LogP contribution in [0.5, 0.6) is 0 Å². The van der Waals surface area contributed by atoms with Gasteiger partial charge in [-0.25, -0.2) is 9.78 Å². The van der Waals surface area contributed by atoms with Gasteiger partial charge in [0.2, 0.25) is 0 Å². The summed E-state index contributed by atoms with van der Waals surface area (Å²) in [5.41, 5.74) is 1.21. The number of carbonyl (C=O) groups is 2. The van der Waals surface area contributed by atoms with Crippen LogP contribution in [-0.2, 0) is 20.9 Å². The zero-order valence-corrected chi connectivity index (χ0v) is 14.5. The molecule has 1 unspecified atom stereocenters. The first kappa shape index (κ1) is 18.1. The van der Waals surface area contributed by atoms with E-state index in [1.54, 1.807) is 6.92 Å². The Morgan fingerprint density at radius 2 is 1.96 bits per heavy atom. The highest BCUT2D eigenvalue weighted by atomic mass is 32.2. The van der Waals surface area contributed by atoms with Crippen molar-refractivity contribution in [1.82, 2.24) is 9.97 Å². The lowest BCUT2D eigenvalue weighted by atomic mass is 10.2. The molecule has 2 rings (SSSR count). The van der Waals surface area contributed by atoms with E-state index in [1.807, 2.05) is 37.3 Å². The van der Waals surface area contributed by atoms with Crippen molar-refractivity contribution in [3.05, 3.63) is 47.8 Å². The van der Waals surface area contributed by atoms with Gasteiger partial charge in [0, 0.05) is 0 Å². The number of esters is 2. The summed E-state index contributed by atoms with van der Waals surface area (Å²) in [7, 11) is 0. The van der Waals surface area contributed by atoms with E-state index in [0.29, 0.717) is 18.2 Å². The Morgan fingerprint density at radius 3 is 2.62 bits per heavy atom. The number of ether oxygens (including phenoxy) is 2. The summed E-state index contributed by atoms with van der Waals surface area (Å²) in [6.07, 6.45) is 2.00. The first-order chi connectivity index (χ1) is 11.6. The predicted molar refractivity (Wildman–Crippen MR) is 90.7 cm³/mol. The molecule has 1 aromatic heterocycles. The summed E-state index contributed by atoms with van der Waals surface area (Å²) >= 11 is 1.24. The molecule has 24 heavy (non-hydrogen) atoms. The molecule has 1 heterocycles. The number of rotatable bonds is 8. The molecule has 0 aliphatic heterocycles. The Bertz CT molecular complexity index is 672. The molecule has 0 spiro atoms. The number of nitrogens with one attached hydrogen (secondary N) is 1. The molecule has 1 aromatic carbocycles. The number of benzene rings is 1. The molecule has 0 amide bonds. The van der Waals surface area contributed by atoms with Crippen LogP contribution < -0.4 is 0 Å². The highest BCUT2D eigenvalue weighted by molar-refractivity contribution is 8.00. The first-order valence-corrected chi connectivity index (χ1v) is 8.61. The number of imidazole rings is 1. The number of nitrogens with zero attached hydrogens (tertiary/aromatic N) is 1. The summed E-state index contributed by atoms with van der Waals surface area (Å²) in [6, 6.07) is 9.51. The second-order valence-corrected chi connectivity index (χ2v) is 6.12. The molecule has 1 atom stereocenters. The fourth-order valence-corrected chi connectivity index (χ4v) is 2.81. The molecule has 0 aliphatic carbocycles. The molecule has 0 aliphatic rings. The van der Waals surface area contributed by atoms with E-state index in [-0.39, 0.29) is 18.3 Å². The average molecular weight is 348 g/mol. The number of thioether (sulfide) groups is 1. The first-order valence-electron chi connectivity index (χ1n) is 7.73. The van der Waals surface area contributed by atoms with E-state index in [1.165, 1.54) is 18.0 Å². The van der Waals surface area contributed by atoms with E-state index >= 15 is 0 Å². The van der Waals surface area contributed by atoms with Crippen LogP contribution in [0.1, 0.15) is 36.3 Å². The quantitative estimate of drug-likeness (QED) is 0.583. The second kappa shape index (κ2) is 9.12. The lowest BCUT2D eigenvalue weighted by molar-refractivity contribution is -0.144. The summed E-state index contributed by atoms with van der Waals surface area (Å²) in [6.45, 7) is 4.17. The highest BCUT2D eigenvalue weighted by Gasteiger charge is 2.22. The van der Waals surface area contributed by atoms with Crippen molar-refractivity contribution >= 4 is 23.7 Å². The van der Waals surface area contributed by atoms with Crippen LogP contribution in [0.2, 0.25) is 0 Å². The van der Waals surface area contributed by atoms with Crippen molar-refractivity contribution < 1.29 is 19.1 Å². The third kappa shape index (κ3) is 5.13. The van der Waals surface area contributed by atoms with E-state index in [4.69, 9.17) is 9.47 Å². The highest BCUT2D eigenvalue weighted by Crippen LogP contribution is 2.24. The summed E-state index contributed by atoms with van der Waals surface area (Å²) < 4.78 is 10.2. The molecular weight excluding hydrogens is 328 g/mol. The number of hydrogen-bond donors (Lipinski definition) is 1. The van der Waals surface area contributed by atoms with Gasteiger partial charge in [-0.3, -0.25) is 4.79 Å². The zero-order valence-electron chi connectivity index (χ0n) is 13.7. The van der Waals surface area contributed by atoms with Crippen LogP contribution in [0.15, 0.2) is 41.7 Å². The van der Waals surface area contributed by atoms with E-state index in [9.17, 15) is 9.59 Å². The van der Waals surface area contributed by atoms with Crippen molar-refractivity contribution in [1.29, 1.82) is 0 Å². The zero-order chi connectivity index (χ0) is 17.4. The maximum atomic E-state index is 12.2. The summed E-state index contributed by atoms with van der Waals surface area (Å²) in [4.78, 5) is 30.8. The van der Waals surface area contributed by atoms with Gasteiger partial charge in [0.15, 0.2) is 5.16 Å². The fraction of sp³-hybridized carbons (Fsp3) is 0.353. The minimum Gasteiger partial charge on any atom is -0.461 e. The third-order valence-corrected chi connectivity index (χ3v) is 4.40. The fourth-order valence-electron chi connectivity index (χ4n) is 1.93. The smallest absolute Gasteiger partial charge is 0.356 e. The minimum absolute atomic E-state index is 0.239. The van der Waals surface area contributed by atoms with Crippen molar-refractivity contribution in [3.8, 4) is 0 Å². The van der Waals surface area contributed by atoms with Crippen LogP contribution >= 0.6 is 11.8 Å². The largest absolute Gasteiger partial charge is 0.461 e. The van der Waals surface area contributed by atoms with Crippen molar-refractivity contribution in [3.63, 3.8) is 0 Å². The molecule has 0 bridgehead atoms. The van der Waals surface area contributed by atoms with E-state index < -0.39 is 11.2 Å². The lowest BCUT2D eigenvalue weighted by Gasteiger charge is -2.12. The summed E-state index contributed by atoms with van der Waals surface area (Å²) in [5.74, 6) is -0.767. The van der Waals surface area contributed by atoms with Gasteiger partial charge in [-0.2, -0.15) is 0 Å². The van der Waals surface area contributed by atoms with Crippen LogP contribution in [0, 0.1) is 0 Å². The van der Waals surface area contributed by atoms with Gasteiger partial charge in [-0.05, 0) is 18.9 Å². The molecule has 0 fully saturated rings. The van der Waals surface area contributed by atoms with Crippen LogP contribution in [0.3, 0.4) is 0 Å². The minimum atomic E-state index is -0.462. The van der Waals surface area contributed by atoms with Gasteiger partial charge in [0.05, 0.1) is 12.8 Å². The van der Waals surface area contributed by atoms with Crippen LogP contribution in [0.4, 0.5) is 0 Å². The van der Waals surface area contributed by atoms with Crippen molar-refractivity contribution in [2.24, 2.45) is 0 Å². The molecule has 2 aromatic rings. The Morgan fingerprint density at radius 1 is 1.21 bits per heavy atom. The lowest BCUT2D eigenvalue weighted by Crippen LogP contribution is -2.19. The molecule has 0 saturated heterocycles.